The maximum absolute atomic E-state index is 4.77. The van der Waals surface area contributed by atoms with Gasteiger partial charge >= 0.3 is 0 Å². The molecule has 0 saturated carbocycles. The van der Waals surface area contributed by atoms with Gasteiger partial charge in [-0.3, -0.25) is 0 Å². The fourth-order valence-corrected chi connectivity index (χ4v) is 3.87. The van der Waals surface area contributed by atoms with Crippen molar-refractivity contribution in [3.63, 3.8) is 0 Å². The molecule has 6 rings (SSSR count). The maximum atomic E-state index is 4.77. The summed E-state index contributed by atoms with van der Waals surface area (Å²) in [5.41, 5.74) is 10.1. The molecule has 5 heteroatoms. The molecule has 2 N–H and O–H groups in total. The van der Waals surface area contributed by atoms with Gasteiger partial charge in [0, 0.05) is 53.5 Å². The molecule has 4 aromatic rings. The standard InChI is InChI=1S/C26H18N4.Sc/c1-2-4-17(5-3-1)25-15-24-14-22-9-8-20(28-22)12-18-6-7-19(27-18)13-21-10-11-23(29-21)16-26(25)30-24;/h1-16,27,30H;. The number of fused-ring (bicyclic) bond motifs is 8. The SMILES string of the molecule is C1=Cc2cc3cc(-c4ccccc4)c(cc4nc(cc5ccc(cc1n2)[nH]5)C=C4)[nH]3.[Sc]. The van der Waals surface area contributed by atoms with Crippen LogP contribution in [-0.4, -0.2) is 19.9 Å². The fraction of sp³-hybridized carbons (Fsp3) is 0. The van der Waals surface area contributed by atoms with E-state index in [2.05, 4.69) is 70.6 Å². The van der Waals surface area contributed by atoms with Crippen molar-refractivity contribution < 1.29 is 25.8 Å². The van der Waals surface area contributed by atoms with E-state index in [1.54, 1.807) is 0 Å². The van der Waals surface area contributed by atoms with Gasteiger partial charge in [0.15, 0.2) is 0 Å². The van der Waals surface area contributed by atoms with Crippen molar-refractivity contribution in [2.45, 2.75) is 0 Å². The van der Waals surface area contributed by atoms with Gasteiger partial charge in [0.25, 0.3) is 0 Å². The number of hydrogen-bond donors (Lipinski definition) is 2. The third kappa shape index (κ3) is 4.01. The smallest absolute Gasteiger partial charge is 0.0658 e. The Morgan fingerprint density at radius 2 is 1.06 bits per heavy atom. The minimum absolute atomic E-state index is 0. The molecule has 0 aliphatic carbocycles. The number of nitrogens with zero attached hydrogens (tertiary/aromatic N) is 2. The Bertz CT molecular complexity index is 1490. The summed E-state index contributed by atoms with van der Waals surface area (Å²) in [4.78, 5) is 16.5. The van der Waals surface area contributed by atoms with Gasteiger partial charge in [0.2, 0.25) is 0 Å². The largest absolute Gasteiger partial charge is 0.355 e. The second-order valence-corrected chi connectivity index (χ2v) is 7.45. The van der Waals surface area contributed by atoms with Crippen LogP contribution in [0.5, 0.6) is 0 Å². The van der Waals surface area contributed by atoms with Gasteiger partial charge in [-0.2, -0.15) is 0 Å². The van der Waals surface area contributed by atoms with Crippen LogP contribution in [0.25, 0.3) is 57.5 Å². The Balaban J connectivity index is 0.00000204. The minimum Gasteiger partial charge on any atom is -0.355 e. The molecule has 3 aromatic heterocycles. The maximum Gasteiger partial charge on any atom is 0.0658 e. The number of aromatic nitrogens is 4. The molecule has 2 aliphatic rings. The van der Waals surface area contributed by atoms with E-state index in [4.69, 9.17) is 9.97 Å². The molecular weight excluding hydrogens is 413 g/mol. The zero-order valence-electron chi connectivity index (χ0n) is 16.7. The quantitative estimate of drug-likeness (QED) is 0.320. The first kappa shape index (κ1) is 19.6. The van der Waals surface area contributed by atoms with Gasteiger partial charge < -0.3 is 9.97 Å². The molecule has 0 spiro atoms. The van der Waals surface area contributed by atoms with Crippen LogP contribution in [0.2, 0.25) is 0 Å². The summed E-state index contributed by atoms with van der Waals surface area (Å²) in [6.45, 7) is 0. The van der Waals surface area contributed by atoms with E-state index >= 15 is 0 Å². The first-order valence-corrected chi connectivity index (χ1v) is 9.92. The van der Waals surface area contributed by atoms with E-state index in [1.807, 2.05) is 36.4 Å². The van der Waals surface area contributed by atoms with Crippen molar-refractivity contribution in [2.75, 3.05) is 0 Å². The van der Waals surface area contributed by atoms with Crippen LogP contribution < -0.4 is 0 Å². The van der Waals surface area contributed by atoms with Crippen molar-refractivity contribution in [1.29, 1.82) is 0 Å². The Morgan fingerprint density at radius 1 is 0.516 bits per heavy atom. The van der Waals surface area contributed by atoms with Gasteiger partial charge in [-0.1, -0.05) is 30.3 Å². The van der Waals surface area contributed by atoms with Crippen LogP contribution in [0.1, 0.15) is 22.8 Å². The molecule has 2 aliphatic heterocycles. The molecule has 0 saturated heterocycles. The van der Waals surface area contributed by atoms with E-state index in [1.165, 1.54) is 5.56 Å². The summed E-state index contributed by atoms with van der Waals surface area (Å²) in [6.07, 6.45) is 8.16. The number of benzene rings is 1. The molecule has 31 heavy (non-hydrogen) atoms. The predicted molar refractivity (Wildman–Crippen MR) is 124 cm³/mol. The summed E-state index contributed by atoms with van der Waals surface area (Å²) in [5, 5.41) is 0. The summed E-state index contributed by atoms with van der Waals surface area (Å²) in [6, 6.07) is 25.0. The molecule has 0 atom stereocenters. The second kappa shape index (κ2) is 8.08. The van der Waals surface area contributed by atoms with E-state index in [-0.39, 0.29) is 25.8 Å². The zero-order valence-corrected chi connectivity index (χ0v) is 18.5. The van der Waals surface area contributed by atoms with Gasteiger partial charge in [-0.25, -0.2) is 9.97 Å². The predicted octanol–water partition coefficient (Wildman–Crippen LogP) is 6.32. The van der Waals surface area contributed by atoms with Crippen molar-refractivity contribution in [2.24, 2.45) is 0 Å². The number of aromatic amines is 2. The van der Waals surface area contributed by atoms with Gasteiger partial charge in [0.1, 0.15) is 0 Å². The number of hydrogen-bond acceptors (Lipinski definition) is 2. The first-order chi connectivity index (χ1) is 14.8. The topological polar surface area (TPSA) is 57.4 Å². The molecule has 0 amide bonds. The van der Waals surface area contributed by atoms with Crippen molar-refractivity contribution >= 4 is 46.4 Å². The molecule has 8 bridgehead atoms. The third-order valence-corrected chi connectivity index (χ3v) is 5.25. The van der Waals surface area contributed by atoms with Crippen molar-refractivity contribution in [3.05, 3.63) is 95.6 Å². The molecular formula is C26H18N4Sc. The zero-order chi connectivity index (χ0) is 19.9. The Morgan fingerprint density at radius 3 is 1.68 bits per heavy atom. The second-order valence-electron chi connectivity index (χ2n) is 7.45. The van der Waals surface area contributed by atoms with Gasteiger partial charge in [-0.05, 0) is 72.3 Å². The Hall–Kier alpha value is -3.31. The van der Waals surface area contributed by atoms with E-state index in [0.29, 0.717) is 0 Å². The minimum atomic E-state index is 0. The van der Waals surface area contributed by atoms with E-state index in [0.717, 1.165) is 50.4 Å². The Labute approximate surface area is 198 Å². The third-order valence-electron chi connectivity index (χ3n) is 5.25. The summed E-state index contributed by atoms with van der Waals surface area (Å²) in [7, 11) is 0. The van der Waals surface area contributed by atoms with Crippen LogP contribution in [-0.2, 0) is 25.8 Å². The monoisotopic (exact) mass is 431 g/mol. The van der Waals surface area contributed by atoms with E-state index in [9.17, 15) is 0 Å². The van der Waals surface area contributed by atoms with Crippen LogP contribution >= 0.6 is 0 Å². The number of H-pyrrole nitrogens is 2. The summed E-state index contributed by atoms with van der Waals surface area (Å²) in [5.74, 6) is 0. The number of nitrogens with one attached hydrogen (secondary N) is 2. The summed E-state index contributed by atoms with van der Waals surface area (Å²) >= 11 is 0. The van der Waals surface area contributed by atoms with Crippen LogP contribution in [0.3, 0.4) is 0 Å². The van der Waals surface area contributed by atoms with E-state index < -0.39 is 0 Å². The van der Waals surface area contributed by atoms with Crippen LogP contribution in [0.15, 0.2) is 72.8 Å². The molecule has 0 unspecified atom stereocenters. The fourth-order valence-electron chi connectivity index (χ4n) is 3.87. The molecule has 1 radical (unpaired) electrons. The van der Waals surface area contributed by atoms with Gasteiger partial charge in [-0.15, -0.1) is 0 Å². The molecule has 145 valence electrons. The number of rotatable bonds is 1. The Kier molecular flexibility index (Phi) is 5.12. The van der Waals surface area contributed by atoms with Crippen LogP contribution in [0, 0.1) is 0 Å². The van der Waals surface area contributed by atoms with Crippen molar-refractivity contribution in [3.8, 4) is 11.1 Å². The molecule has 5 heterocycles. The summed E-state index contributed by atoms with van der Waals surface area (Å²) < 4.78 is 0. The van der Waals surface area contributed by atoms with Gasteiger partial charge in [0.05, 0.1) is 22.8 Å². The molecule has 4 nitrogen and oxygen atoms in total. The van der Waals surface area contributed by atoms with Crippen LogP contribution in [0.4, 0.5) is 0 Å². The average Bonchev–Trinajstić information content (AvgIpc) is 3.53. The molecule has 1 aromatic carbocycles. The normalized spacial score (nSPS) is 12.0. The van der Waals surface area contributed by atoms with Crippen molar-refractivity contribution in [1.82, 2.24) is 19.9 Å². The average molecular weight is 431 g/mol. The molecule has 0 fully saturated rings. The first-order valence-electron chi connectivity index (χ1n) is 9.92.